The van der Waals surface area contributed by atoms with E-state index in [1.54, 1.807) is 0 Å². The molecule has 0 aliphatic heterocycles. The summed E-state index contributed by atoms with van der Waals surface area (Å²) >= 11 is 0. The molecule has 16 heavy (non-hydrogen) atoms. The second-order valence-corrected chi connectivity index (χ2v) is 4.61. The van der Waals surface area contributed by atoms with Crippen molar-refractivity contribution < 1.29 is 0 Å². The van der Waals surface area contributed by atoms with Gasteiger partial charge >= 0.3 is 0 Å². The van der Waals surface area contributed by atoms with Crippen LogP contribution in [0.4, 0.5) is 0 Å². The van der Waals surface area contributed by atoms with E-state index in [4.69, 9.17) is 0 Å². The first-order chi connectivity index (χ1) is 7.58. The second-order valence-electron chi connectivity index (χ2n) is 4.61. The van der Waals surface area contributed by atoms with Crippen molar-refractivity contribution in [3.63, 3.8) is 0 Å². The first-order valence-electron chi connectivity index (χ1n) is 6.08. The third-order valence-electron chi connectivity index (χ3n) is 2.79. The molecule has 1 unspecified atom stereocenters. The van der Waals surface area contributed by atoms with Crippen LogP contribution < -0.4 is 5.32 Å². The maximum absolute atomic E-state index is 4.67. The van der Waals surface area contributed by atoms with E-state index in [-0.39, 0.29) is 0 Å². The molecule has 1 rings (SSSR count). The molecule has 0 aromatic carbocycles. The molecular weight excluding hydrogens is 198 g/mol. The summed E-state index contributed by atoms with van der Waals surface area (Å²) in [7, 11) is 1.97. The van der Waals surface area contributed by atoms with Crippen LogP contribution in [0, 0.1) is 6.92 Å². The first kappa shape index (κ1) is 13.1. The summed E-state index contributed by atoms with van der Waals surface area (Å²) in [6.45, 7) is 9.51. The highest BCUT2D eigenvalue weighted by Crippen LogP contribution is 2.19. The highest BCUT2D eigenvalue weighted by molar-refractivity contribution is 5.15. The van der Waals surface area contributed by atoms with Gasteiger partial charge < -0.3 is 5.32 Å². The van der Waals surface area contributed by atoms with E-state index in [1.807, 2.05) is 14.0 Å². The highest BCUT2D eigenvalue weighted by Gasteiger charge is 2.14. The Hall–Kier alpha value is -0.960. The fourth-order valence-corrected chi connectivity index (χ4v) is 1.76. The van der Waals surface area contributed by atoms with Crippen LogP contribution in [-0.4, -0.2) is 23.6 Å². The number of aromatic nitrogens is 2. The van der Waals surface area contributed by atoms with E-state index >= 15 is 0 Å². The van der Waals surface area contributed by atoms with Crippen LogP contribution in [0.5, 0.6) is 0 Å². The lowest BCUT2D eigenvalue weighted by Crippen LogP contribution is -2.19. The maximum Gasteiger partial charge on any atom is 0.133 e. The molecule has 0 bridgehead atoms. The van der Waals surface area contributed by atoms with Gasteiger partial charge in [0.05, 0.1) is 0 Å². The van der Waals surface area contributed by atoms with Crippen LogP contribution in [0.3, 0.4) is 0 Å². The fraction of sp³-hybridized carbons (Fsp3) is 0.692. The zero-order valence-electron chi connectivity index (χ0n) is 11.0. The molecule has 1 aromatic heterocycles. The molecule has 0 saturated carbocycles. The summed E-state index contributed by atoms with van der Waals surface area (Å²) in [5.74, 6) is 1.87. The molecule has 0 fully saturated rings. The van der Waals surface area contributed by atoms with Gasteiger partial charge in [-0.15, -0.1) is 0 Å². The number of nitrogens with one attached hydrogen (secondary N) is 1. The third-order valence-corrected chi connectivity index (χ3v) is 2.79. The monoisotopic (exact) mass is 221 g/mol. The summed E-state index contributed by atoms with van der Waals surface area (Å²) in [5, 5.41) is 3.21. The molecule has 0 spiro atoms. The SMILES string of the molecule is CCC(CNC)c1nc(C)cc(C(C)C)n1. The van der Waals surface area contributed by atoms with Crippen LogP contribution in [-0.2, 0) is 0 Å². The molecule has 3 heteroatoms. The number of likely N-dealkylation sites (N-methyl/N-ethyl adjacent to an activating group) is 1. The van der Waals surface area contributed by atoms with E-state index < -0.39 is 0 Å². The number of hydrogen-bond acceptors (Lipinski definition) is 3. The lowest BCUT2D eigenvalue weighted by Gasteiger charge is -2.15. The number of hydrogen-bond donors (Lipinski definition) is 1. The van der Waals surface area contributed by atoms with Crippen molar-refractivity contribution in [1.29, 1.82) is 0 Å². The smallest absolute Gasteiger partial charge is 0.133 e. The average molecular weight is 221 g/mol. The van der Waals surface area contributed by atoms with E-state index in [1.165, 1.54) is 0 Å². The van der Waals surface area contributed by atoms with Gasteiger partial charge in [-0.1, -0.05) is 20.8 Å². The Bertz CT molecular complexity index is 334. The van der Waals surface area contributed by atoms with Crippen LogP contribution in [0.15, 0.2) is 6.07 Å². The van der Waals surface area contributed by atoms with Gasteiger partial charge in [0.25, 0.3) is 0 Å². The Labute approximate surface area is 98.7 Å². The zero-order valence-corrected chi connectivity index (χ0v) is 11.0. The third kappa shape index (κ3) is 3.27. The van der Waals surface area contributed by atoms with Crippen LogP contribution in [0.25, 0.3) is 0 Å². The van der Waals surface area contributed by atoms with Gasteiger partial charge in [-0.2, -0.15) is 0 Å². The number of nitrogens with zero attached hydrogens (tertiary/aromatic N) is 2. The Balaban J connectivity index is 3.02. The Morgan fingerprint density at radius 3 is 2.50 bits per heavy atom. The van der Waals surface area contributed by atoms with Crippen molar-refractivity contribution in [2.24, 2.45) is 0 Å². The molecule has 0 amide bonds. The largest absolute Gasteiger partial charge is 0.319 e. The first-order valence-corrected chi connectivity index (χ1v) is 6.08. The normalized spacial score (nSPS) is 13.1. The molecule has 1 atom stereocenters. The Kier molecular flexibility index (Phi) is 4.87. The molecule has 1 N–H and O–H groups in total. The summed E-state index contributed by atoms with van der Waals surface area (Å²) in [5.41, 5.74) is 2.22. The van der Waals surface area contributed by atoms with Crippen molar-refractivity contribution in [2.45, 2.75) is 46.0 Å². The minimum atomic E-state index is 0.419. The molecule has 0 radical (unpaired) electrons. The summed E-state index contributed by atoms with van der Waals surface area (Å²) in [6, 6.07) is 2.08. The average Bonchev–Trinajstić information content (AvgIpc) is 2.24. The van der Waals surface area contributed by atoms with E-state index in [0.29, 0.717) is 11.8 Å². The molecular formula is C13H23N3. The van der Waals surface area contributed by atoms with Gasteiger partial charge in [-0.05, 0) is 32.4 Å². The van der Waals surface area contributed by atoms with Crippen molar-refractivity contribution in [1.82, 2.24) is 15.3 Å². The van der Waals surface area contributed by atoms with Crippen molar-refractivity contribution in [3.05, 3.63) is 23.3 Å². The van der Waals surface area contributed by atoms with Crippen molar-refractivity contribution in [2.75, 3.05) is 13.6 Å². The van der Waals surface area contributed by atoms with E-state index in [2.05, 4.69) is 42.1 Å². The lowest BCUT2D eigenvalue weighted by molar-refractivity contribution is 0.572. The minimum absolute atomic E-state index is 0.419. The minimum Gasteiger partial charge on any atom is -0.319 e. The topological polar surface area (TPSA) is 37.8 Å². The van der Waals surface area contributed by atoms with Gasteiger partial charge in [-0.3, -0.25) is 0 Å². The molecule has 90 valence electrons. The standard InChI is InChI=1S/C13H23N3/c1-6-11(8-14-5)13-15-10(4)7-12(16-13)9(2)3/h7,9,11,14H,6,8H2,1-5H3. The maximum atomic E-state index is 4.67. The number of aryl methyl sites for hydroxylation is 1. The predicted molar refractivity (Wildman–Crippen MR) is 67.8 cm³/mol. The molecule has 0 aliphatic carbocycles. The zero-order chi connectivity index (χ0) is 12.1. The summed E-state index contributed by atoms with van der Waals surface area (Å²) in [4.78, 5) is 9.23. The number of rotatable bonds is 5. The van der Waals surface area contributed by atoms with Crippen molar-refractivity contribution in [3.8, 4) is 0 Å². The molecule has 1 aromatic rings. The van der Waals surface area contributed by atoms with Crippen LogP contribution >= 0.6 is 0 Å². The van der Waals surface area contributed by atoms with Crippen molar-refractivity contribution >= 4 is 0 Å². The summed E-state index contributed by atoms with van der Waals surface area (Å²) in [6.07, 6.45) is 1.07. The van der Waals surface area contributed by atoms with Crippen LogP contribution in [0.1, 0.15) is 56.2 Å². The van der Waals surface area contributed by atoms with E-state index in [9.17, 15) is 0 Å². The molecule has 0 saturated heterocycles. The molecule has 1 heterocycles. The Morgan fingerprint density at radius 1 is 1.31 bits per heavy atom. The summed E-state index contributed by atoms with van der Waals surface area (Å²) < 4.78 is 0. The van der Waals surface area contributed by atoms with Gasteiger partial charge in [0.2, 0.25) is 0 Å². The lowest BCUT2D eigenvalue weighted by atomic mass is 10.0. The highest BCUT2D eigenvalue weighted by atomic mass is 14.9. The molecule has 3 nitrogen and oxygen atoms in total. The fourth-order valence-electron chi connectivity index (χ4n) is 1.76. The van der Waals surface area contributed by atoms with Gasteiger partial charge in [-0.25, -0.2) is 9.97 Å². The van der Waals surface area contributed by atoms with Gasteiger partial charge in [0.1, 0.15) is 5.82 Å². The molecule has 0 aliphatic rings. The quantitative estimate of drug-likeness (QED) is 0.830. The van der Waals surface area contributed by atoms with Crippen LogP contribution in [0.2, 0.25) is 0 Å². The van der Waals surface area contributed by atoms with Gasteiger partial charge in [0.15, 0.2) is 0 Å². The van der Waals surface area contributed by atoms with E-state index in [0.717, 1.165) is 30.2 Å². The Morgan fingerprint density at radius 2 is 2.00 bits per heavy atom. The predicted octanol–water partition coefficient (Wildman–Crippen LogP) is 2.62. The second kappa shape index (κ2) is 5.94. The van der Waals surface area contributed by atoms with Gasteiger partial charge in [0, 0.05) is 23.9 Å².